The predicted molar refractivity (Wildman–Crippen MR) is 79.0 cm³/mol. The van der Waals surface area contributed by atoms with Gasteiger partial charge in [0, 0.05) is 21.7 Å². The summed E-state index contributed by atoms with van der Waals surface area (Å²) in [5.74, 6) is -2.47. The number of carbonyl (C=O) groups is 2. The van der Waals surface area contributed by atoms with Crippen molar-refractivity contribution in [2.45, 2.75) is 0 Å². The van der Waals surface area contributed by atoms with Crippen LogP contribution in [0.3, 0.4) is 0 Å². The summed E-state index contributed by atoms with van der Waals surface area (Å²) in [6, 6.07) is 14.1. The Morgan fingerprint density at radius 2 is 1.36 bits per heavy atom. The van der Waals surface area contributed by atoms with Crippen LogP contribution in [0.25, 0.3) is 21.5 Å². The Kier molecular flexibility index (Phi) is 5.44. The molecule has 0 aliphatic heterocycles. The topological polar surface area (TPSA) is 106 Å². The molecule has 0 radical (unpaired) electrons. The van der Waals surface area contributed by atoms with Crippen molar-refractivity contribution in [3.05, 3.63) is 59.7 Å². The van der Waals surface area contributed by atoms with Gasteiger partial charge in [-0.05, 0) is 39.7 Å². The number of rotatable bonds is 2. The van der Waals surface area contributed by atoms with Crippen LogP contribution in [0.4, 0.5) is 0 Å². The monoisotopic (exact) mass is 332 g/mol. The molecule has 110 valence electrons. The Hall–Kier alpha value is -2.21. The van der Waals surface area contributed by atoms with Gasteiger partial charge in [-0.3, -0.25) is 0 Å². The van der Waals surface area contributed by atoms with Gasteiger partial charge in [0.25, 0.3) is 0 Å². The van der Waals surface area contributed by atoms with Crippen LogP contribution in [0, 0.1) is 0 Å². The molecule has 0 saturated carbocycles. The van der Waals surface area contributed by atoms with Crippen molar-refractivity contribution < 1.29 is 47.0 Å². The van der Waals surface area contributed by atoms with E-state index in [1.165, 1.54) is 6.07 Å². The number of hydrogen-bond donors (Lipinski definition) is 2. The van der Waals surface area contributed by atoms with Crippen molar-refractivity contribution in [2.75, 3.05) is 0 Å². The molecular weight excluding hydrogens is 320 g/mol. The zero-order chi connectivity index (χ0) is 14.3. The second kappa shape index (κ2) is 6.70. The zero-order valence-corrected chi connectivity index (χ0v) is 12.9. The minimum atomic E-state index is -1.24. The van der Waals surface area contributed by atoms with Gasteiger partial charge in [0.05, 0.1) is 11.1 Å². The first-order valence-corrected chi connectivity index (χ1v) is 6.00. The molecule has 0 saturated heterocycles. The van der Waals surface area contributed by atoms with Gasteiger partial charge in [0.1, 0.15) is 0 Å². The van der Waals surface area contributed by atoms with E-state index in [2.05, 4.69) is 0 Å². The minimum absolute atomic E-state index is 0. The van der Waals surface area contributed by atoms with E-state index in [0.29, 0.717) is 10.8 Å². The van der Waals surface area contributed by atoms with Crippen molar-refractivity contribution in [2.24, 2.45) is 0 Å². The van der Waals surface area contributed by atoms with Crippen molar-refractivity contribution in [1.82, 2.24) is 0 Å². The molecule has 0 fully saturated rings. The standard InChI is InChI=1S/C16H10O4.H2O.Ti/c17-15(18)12-6-5-11-7-9-3-1-2-4-10(9)8-13(11)14(12)16(19)20;;/h1-8H,(H,17,18)(H,19,20);1H2;. The molecule has 0 amide bonds. The molecule has 3 aromatic carbocycles. The summed E-state index contributed by atoms with van der Waals surface area (Å²) in [7, 11) is 0. The number of aromatic carboxylic acids is 2. The first kappa shape index (κ1) is 17.8. The van der Waals surface area contributed by atoms with Crippen molar-refractivity contribution in [3.8, 4) is 0 Å². The van der Waals surface area contributed by atoms with E-state index in [9.17, 15) is 14.7 Å². The summed E-state index contributed by atoms with van der Waals surface area (Å²) >= 11 is 0. The maximum Gasteiger partial charge on any atom is 0.337 e. The fraction of sp³-hybridized carbons (Fsp3) is 0. The molecule has 3 aromatic rings. The number of benzene rings is 3. The fourth-order valence-corrected chi connectivity index (χ4v) is 2.42. The summed E-state index contributed by atoms with van der Waals surface area (Å²) < 4.78 is 0. The average molecular weight is 332 g/mol. The third kappa shape index (κ3) is 2.87. The Balaban J connectivity index is 0.00000121. The van der Waals surface area contributed by atoms with Gasteiger partial charge in [0.2, 0.25) is 0 Å². The van der Waals surface area contributed by atoms with Crippen molar-refractivity contribution in [1.29, 1.82) is 0 Å². The summed E-state index contributed by atoms with van der Waals surface area (Å²) in [4.78, 5) is 22.6. The van der Waals surface area contributed by atoms with Gasteiger partial charge in [-0.15, -0.1) is 0 Å². The summed E-state index contributed by atoms with van der Waals surface area (Å²) in [6.45, 7) is 0. The van der Waals surface area contributed by atoms with Crippen LogP contribution in [-0.4, -0.2) is 27.6 Å². The maximum absolute atomic E-state index is 11.4. The van der Waals surface area contributed by atoms with Gasteiger partial charge in [-0.25, -0.2) is 9.59 Å². The molecule has 22 heavy (non-hydrogen) atoms. The van der Waals surface area contributed by atoms with Crippen molar-refractivity contribution >= 4 is 33.5 Å². The van der Waals surface area contributed by atoms with Crippen LogP contribution in [0.15, 0.2) is 48.5 Å². The van der Waals surface area contributed by atoms with Gasteiger partial charge in [-0.1, -0.05) is 30.3 Å². The molecule has 0 atom stereocenters. The first-order chi connectivity index (χ1) is 9.58. The molecule has 0 unspecified atom stereocenters. The van der Waals surface area contributed by atoms with E-state index in [1.54, 1.807) is 12.1 Å². The first-order valence-electron chi connectivity index (χ1n) is 6.00. The van der Waals surface area contributed by atoms with E-state index in [0.717, 1.165) is 10.8 Å². The van der Waals surface area contributed by atoms with E-state index in [-0.39, 0.29) is 38.3 Å². The molecule has 5 nitrogen and oxygen atoms in total. The molecule has 3 rings (SSSR count). The molecule has 6 heteroatoms. The van der Waals surface area contributed by atoms with Crippen LogP contribution < -0.4 is 0 Å². The summed E-state index contributed by atoms with van der Waals surface area (Å²) in [5.41, 5.74) is -0.360. The molecule has 0 heterocycles. The smallest absolute Gasteiger partial charge is 0.337 e. The minimum Gasteiger partial charge on any atom is -0.478 e. The normalized spacial score (nSPS) is 9.82. The van der Waals surface area contributed by atoms with Gasteiger partial charge in [-0.2, -0.15) is 0 Å². The molecule has 0 spiro atoms. The molecule has 0 aromatic heterocycles. The molecule has 0 bridgehead atoms. The fourth-order valence-electron chi connectivity index (χ4n) is 2.42. The zero-order valence-electron chi connectivity index (χ0n) is 11.3. The van der Waals surface area contributed by atoms with Crippen LogP contribution >= 0.6 is 0 Å². The second-order valence-corrected chi connectivity index (χ2v) is 4.52. The molecule has 0 aliphatic rings. The Morgan fingerprint density at radius 1 is 0.773 bits per heavy atom. The quantitative estimate of drug-likeness (QED) is 0.555. The van der Waals surface area contributed by atoms with E-state index in [1.807, 2.05) is 30.3 Å². The Bertz CT molecular complexity index is 873. The van der Waals surface area contributed by atoms with Crippen LogP contribution in [-0.2, 0) is 21.7 Å². The molecule has 4 N–H and O–H groups in total. The third-order valence-corrected chi connectivity index (χ3v) is 3.33. The van der Waals surface area contributed by atoms with Gasteiger partial charge < -0.3 is 15.7 Å². The average Bonchev–Trinajstić information content (AvgIpc) is 2.43. The second-order valence-electron chi connectivity index (χ2n) is 4.52. The Labute approximate surface area is 140 Å². The number of carboxylic acid groups (broad SMARTS) is 2. The van der Waals surface area contributed by atoms with Crippen molar-refractivity contribution in [3.63, 3.8) is 0 Å². The predicted octanol–water partition coefficient (Wildman–Crippen LogP) is 2.56. The van der Waals surface area contributed by atoms with Crippen LogP contribution in [0.5, 0.6) is 0 Å². The van der Waals surface area contributed by atoms with Crippen LogP contribution in [0.2, 0.25) is 0 Å². The van der Waals surface area contributed by atoms with Gasteiger partial charge in [0.15, 0.2) is 0 Å². The molecular formula is C16H12O5Ti. The van der Waals surface area contributed by atoms with Crippen LogP contribution in [0.1, 0.15) is 20.7 Å². The van der Waals surface area contributed by atoms with E-state index >= 15 is 0 Å². The molecule has 0 aliphatic carbocycles. The Morgan fingerprint density at radius 3 is 1.91 bits per heavy atom. The summed E-state index contributed by atoms with van der Waals surface area (Å²) in [6.07, 6.45) is 0. The largest absolute Gasteiger partial charge is 0.478 e. The van der Waals surface area contributed by atoms with E-state index < -0.39 is 11.9 Å². The number of fused-ring (bicyclic) bond motifs is 2. The number of hydrogen-bond acceptors (Lipinski definition) is 2. The third-order valence-electron chi connectivity index (χ3n) is 3.33. The summed E-state index contributed by atoms with van der Waals surface area (Å²) in [5, 5.41) is 21.5. The van der Waals surface area contributed by atoms with Gasteiger partial charge >= 0.3 is 11.9 Å². The SMILES string of the molecule is O.O=C(O)c1ccc2cc3ccccc3cc2c1C(=O)O.[Ti]. The number of carboxylic acids is 2. The maximum atomic E-state index is 11.4. The van der Waals surface area contributed by atoms with E-state index in [4.69, 9.17) is 5.11 Å².